The lowest BCUT2D eigenvalue weighted by Gasteiger charge is -2.13. The van der Waals surface area contributed by atoms with Crippen molar-refractivity contribution < 1.29 is 27.3 Å². The van der Waals surface area contributed by atoms with Gasteiger partial charge in [0.25, 0.3) is 5.04 Å². The number of ether oxygens (including phenoxy) is 1. The second-order valence-electron chi connectivity index (χ2n) is 3.43. The predicted octanol–water partition coefficient (Wildman–Crippen LogP) is -0.157. The molecule has 1 fully saturated rings. The minimum atomic E-state index is -3.69. The molecular formula is C8H14N2O6S2. The first-order chi connectivity index (χ1) is 8.29. The summed E-state index contributed by atoms with van der Waals surface area (Å²) < 4.78 is 39.5. The normalized spacial score (nSPS) is 26.3. The van der Waals surface area contributed by atoms with Crippen LogP contribution in [0.3, 0.4) is 0 Å². The van der Waals surface area contributed by atoms with Gasteiger partial charge < -0.3 is 9.29 Å². The van der Waals surface area contributed by atoms with Crippen molar-refractivity contribution in [3.8, 4) is 0 Å². The maximum Gasteiger partial charge on any atom is 0.449 e. The zero-order valence-corrected chi connectivity index (χ0v) is 11.8. The zero-order chi connectivity index (χ0) is 13.9. The van der Waals surface area contributed by atoms with Gasteiger partial charge in [0.15, 0.2) is 6.10 Å². The van der Waals surface area contributed by atoms with Gasteiger partial charge in [0, 0.05) is 18.2 Å². The van der Waals surface area contributed by atoms with Crippen LogP contribution in [0.5, 0.6) is 0 Å². The number of rotatable bonds is 3. The van der Waals surface area contributed by atoms with Gasteiger partial charge in [-0.2, -0.15) is 0 Å². The molecule has 104 valence electrons. The largest absolute Gasteiger partial charge is 0.608 e. The Morgan fingerprint density at radius 1 is 1.72 bits per heavy atom. The summed E-state index contributed by atoms with van der Waals surface area (Å²) in [5, 5.41) is 3.46. The fraction of sp³-hybridized carbons (Fsp3) is 0.750. The highest BCUT2D eigenvalue weighted by molar-refractivity contribution is 8.06. The predicted molar refractivity (Wildman–Crippen MR) is 64.7 cm³/mol. The van der Waals surface area contributed by atoms with Gasteiger partial charge in [-0.05, 0) is 19.0 Å². The average molecular weight is 298 g/mol. The first-order valence-corrected chi connectivity index (χ1v) is 7.97. The van der Waals surface area contributed by atoms with Crippen LogP contribution < -0.4 is 0 Å². The lowest BCUT2D eigenvalue weighted by molar-refractivity contribution is 0.130. The number of nitrogens with zero attached hydrogens (tertiary/aromatic N) is 2. The van der Waals surface area contributed by atoms with Crippen molar-refractivity contribution in [1.29, 1.82) is 0 Å². The number of amides is 1. The van der Waals surface area contributed by atoms with Crippen LogP contribution in [0.2, 0.25) is 0 Å². The molecule has 0 bridgehead atoms. The molecule has 0 N–H and O–H groups in total. The number of hydrogen-bond donors (Lipinski definition) is 0. The third-order valence-electron chi connectivity index (χ3n) is 2.26. The van der Waals surface area contributed by atoms with Gasteiger partial charge >= 0.3 is 6.09 Å². The molecule has 1 saturated heterocycles. The van der Waals surface area contributed by atoms with Crippen molar-refractivity contribution >= 4 is 32.3 Å². The molecule has 8 nitrogen and oxygen atoms in total. The summed E-state index contributed by atoms with van der Waals surface area (Å²) in [5.41, 5.74) is 0. The van der Waals surface area contributed by atoms with Crippen LogP contribution in [0.15, 0.2) is 5.16 Å². The lowest BCUT2D eigenvalue weighted by Crippen LogP contribution is -2.34. The minimum absolute atomic E-state index is 0.0132. The number of oxime groups is 1. The van der Waals surface area contributed by atoms with Gasteiger partial charge in [-0.25, -0.2) is 17.5 Å². The van der Waals surface area contributed by atoms with E-state index in [9.17, 15) is 17.8 Å². The van der Waals surface area contributed by atoms with Crippen molar-refractivity contribution in [2.45, 2.75) is 20.0 Å². The maximum atomic E-state index is 11.4. The standard InChI is InChI=1S/C8H14N2O6S2/c1-4-18(13,14)10(3)8(11)16-9-7-6(2)15-5-17(7)12/h6H,4-5H2,1-3H3. The maximum absolute atomic E-state index is 11.4. The summed E-state index contributed by atoms with van der Waals surface area (Å²) >= 11 is -1.46. The van der Waals surface area contributed by atoms with Crippen molar-refractivity contribution in [3.05, 3.63) is 0 Å². The van der Waals surface area contributed by atoms with E-state index >= 15 is 0 Å². The summed E-state index contributed by atoms with van der Waals surface area (Å²) in [6.45, 7) is 3.00. The molecule has 1 amide bonds. The molecule has 0 radical (unpaired) electrons. The van der Waals surface area contributed by atoms with Crippen LogP contribution in [0, 0.1) is 0 Å². The van der Waals surface area contributed by atoms with Gasteiger partial charge in [-0.1, -0.05) is 0 Å². The van der Waals surface area contributed by atoms with E-state index in [1.54, 1.807) is 6.92 Å². The van der Waals surface area contributed by atoms with E-state index in [0.717, 1.165) is 7.05 Å². The molecule has 2 unspecified atom stereocenters. The average Bonchev–Trinajstić information content (AvgIpc) is 2.65. The quantitative estimate of drug-likeness (QED) is 0.407. The second-order valence-corrected chi connectivity index (χ2v) is 7.06. The summed E-state index contributed by atoms with van der Waals surface area (Å²) in [7, 11) is -2.63. The Kier molecular flexibility index (Phi) is 4.96. The van der Waals surface area contributed by atoms with E-state index in [2.05, 4.69) is 9.99 Å². The highest BCUT2D eigenvalue weighted by Gasteiger charge is 2.35. The molecule has 1 heterocycles. The molecule has 1 rings (SSSR count). The van der Waals surface area contributed by atoms with Crippen LogP contribution in [-0.2, 0) is 30.8 Å². The van der Waals surface area contributed by atoms with E-state index in [-0.39, 0.29) is 16.7 Å². The van der Waals surface area contributed by atoms with Gasteiger partial charge in [0.05, 0.1) is 5.75 Å². The highest BCUT2D eigenvalue weighted by atomic mass is 32.2. The Bertz CT molecular complexity index is 437. The molecule has 0 aromatic rings. The van der Waals surface area contributed by atoms with Crippen molar-refractivity contribution in [2.24, 2.45) is 5.16 Å². The lowest BCUT2D eigenvalue weighted by atomic mass is 10.4. The first-order valence-electron chi connectivity index (χ1n) is 5.05. The third kappa shape index (κ3) is 3.34. The molecule has 2 atom stereocenters. The SMILES string of the molecule is CCS(=O)(=O)N(C)C(=O)ON=C1C(C)OC[S+]1[O-]. The summed E-state index contributed by atoms with van der Waals surface area (Å²) in [4.78, 5) is 15.8. The molecule has 10 heteroatoms. The number of carbonyl (C=O) groups excluding carboxylic acids is 1. The summed E-state index contributed by atoms with van der Waals surface area (Å²) in [5.74, 6) is -0.249. The van der Waals surface area contributed by atoms with Gasteiger partial charge in [-0.15, -0.1) is 0 Å². The molecule has 0 aromatic heterocycles. The van der Waals surface area contributed by atoms with Crippen LogP contribution in [0.25, 0.3) is 0 Å². The summed E-state index contributed by atoms with van der Waals surface area (Å²) in [6.07, 6.45) is -1.67. The molecule has 0 spiro atoms. The van der Waals surface area contributed by atoms with Crippen LogP contribution >= 0.6 is 0 Å². The Labute approximate surface area is 108 Å². The smallest absolute Gasteiger partial charge is 0.449 e. The van der Waals surface area contributed by atoms with Crippen LogP contribution in [0.1, 0.15) is 13.8 Å². The first kappa shape index (κ1) is 15.2. The van der Waals surface area contributed by atoms with E-state index in [0.29, 0.717) is 4.31 Å². The summed E-state index contributed by atoms with van der Waals surface area (Å²) in [6, 6.07) is 0. The zero-order valence-electron chi connectivity index (χ0n) is 10.2. The van der Waals surface area contributed by atoms with Crippen LogP contribution in [-0.4, -0.2) is 53.3 Å². The molecule has 0 saturated carbocycles. The van der Waals surface area contributed by atoms with E-state index in [4.69, 9.17) is 4.74 Å². The Balaban J connectivity index is 2.69. The monoisotopic (exact) mass is 298 g/mol. The van der Waals surface area contributed by atoms with Gasteiger partial charge in [-0.3, -0.25) is 4.84 Å². The number of hydrogen-bond acceptors (Lipinski definition) is 7. The van der Waals surface area contributed by atoms with Gasteiger partial charge in [0.2, 0.25) is 16.0 Å². The fourth-order valence-corrected chi connectivity index (χ4v) is 2.70. The van der Waals surface area contributed by atoms with E-state index < -0.39 is 33.4 Å². The second kappa shape index (κ2) is 5.87. The third-order valence-corrected chi connectivity index (χ3v) is 5.20. The molecule has 0 aliphatic carbocycles. The topological polar surface area (TPSA) is 108 Å². The van der Waals surface area contributed by atoms with Gasteiger partial charge in [0.1, 0.15) is 0 Å². The van der Waals surface area contributed by atoms with E-state index in [1.165, 1.54) is 6.92 Å². The fourth-order valence-electron chi connectivity index (χ4n) is 1.05. The van der Waals surface area contributed by atoms with Crippen molar-refractivity contribution in [1.82, 2.24) is 4.31 Å². The number of carbonyl (C=O) groups is 1. The van der Waals surface area contributed by atoms with Crippen molar-refractivity contribution in [2.75, 3.05) is 18.7 Å². The molecule has 1 aliphatic rings. The molecule has 1 aliphatic heterocycles. The Hall–Kier alpha value is -0.840. The van der Waals surface area contributed by atoms with Crippen LogP contribution in [0.4, 0.5) is 4.79 Å². The van der Waals surface area contributed by atoms with E-state index in [1.807, 2.05) is 0 Å². The molecule has 18 heavy (non-hydrogen) atoms. The Morgan fingerprint density at radius 3 is 2.78 bits per heavy atom. The van der Waals surface area contributed by atoms with Crippen molar-refractivity contribution in [3.63, 3.8) is 0 Å². The highest BCUT2D eigenvalue weighted by Crippen LogP contribution is 2.14. The Morgan fingerprint density at radius 2 is 2.33 bits per heavy atom. The molecule has 0 aromatic carbocycles. The number of sulfonamides is 1. The molecular weight excluding hydrogens is 284 g/mol. The minimum Gasteiger partial charge on any atom is -0.608 e.